The molecule has 0 fully saturated rings. The van der Waals surface area contributed by atoms with Gasteiger partial charge in [0.2, 0.25) is 6.17 Å². The summed E-state index contributed by atoms with van der Waals surface area (Å²) in [5.41, 5.74) is 0.148. The Balaban J connectivity index is 2.76. The summed E-state index contributed by atoms with van der Waals surface area (Å²) in [5.74, 6) is -0.892. The number of nitrogens with zero attached hydrogens (tertiary/aromatic N) is 3. The second-order valence-corrected chi connectivity index (χ2v) is 3.00. The van der Waals surface area contributed by atoms with Gasteiger partial charge in [0.25, 0.3) is 0 Å². The first-order chi connectivity index (χ1) is 7.20. The van der Waals surface area contributed by atoms with Crippen molar-refractivity contribution in [1.82, 2.24) is 15.0 Å². The molecule has 0 radical (unpaired) electrons. The van der Waals surface area contributed by atoms with Crippen LogP contribution in [0.4, 0.5) is 4.39 Å². The lowest BCUT2D eigenvalue weighted by Crippen LogP contribution is -2.16. The van der Waals surface area contributed by atoms with Gasteiger partial charge in [0.15, 0.2) is 0 Å². The molecule has 1 unspecified atom stereocenters. The van der Waals surface area contributed by atoms with Gasteiger partial charge in [0, 0.05) is 6.54 Å². The summed E-state index contributed by atoms with van der Waals surface area (Å²) in [6, 6.07) is 0. The minimum absolute atomic E-state index is 0.148. The molecule has 84 valence electrons. The Hall–Kier alpha value is -1.46. The van der Waals surface area contributed by atoms with Crippen molar-refractivity contribution in [3.05, 3.63) is 11.9 Å². The molecule has 1 aromatic rings. The van der Waals surface area contributed by atoms with Gasteiger partial charge in [-0.3, -0.25) is 0 Å². The molecular weight excluding hydrogens is 201 g/mol. The lowest BCUT2D eigenvalue weighted by molar-refractivity contribution is -0.149. The average molecular weight is 215 g/mol. The maximum Gasteiger partial charge on any atom is 0.347 e. The number of ether oxygens (including phenoxy) is 1. The van der Waals surface area contributed by atoms with Gasteiger partial charge in [-0.1, -0.05) is 12.1 Å². The molecule has 0 saturated heterocycles. The van der Waals surface area contributed by atoms with E-state index in [2.05, 4.69) is 15.0 Å². The van der Waals surface area contributed by atoms with Crippen LogP contribution < -0.4 is 0 Å². The summed E-state index contributed by atoms with van der Waals surface area (Å²) in [4.78, 5) is 11.1. The fraction of sp³-hybridized carbons (Fsp3) is 0.667. The highest BCUT2D eigenvalue weighted by atomic mass is 19.1. The maximum atomic E-state index is 13.6. The topological polar surface area (TPSA) is 57.0 Å². The Bertz CT molecular complexity index is 327. The van der Waals surface area contributed by atoms with Gasteiger partial charge in [-0.05, 0) is 13.3 Å². The van der Waals surface area contributed by atoms with E-state index in [1.165, 1.54) is 10.9 Å². The summed E-state index contributed by atoms with van der Waals surface area (Å²) in [7, 11) is 0. The Morgan fingerprint density at radius 1 is 1.67 bits per heavy atom. The number of carbonyl (C=O) groups excluding carboxylic acids is 1. The molecule has 0 aliphatic rings. The standard InChI is InChI=1S/C9H14FN3O2/c1-3-5-13-7(6-11-12-13)8(10)9(14)15-4-2/h6,8H,3-5H2,1-2H3. The van der Waals surface area contributed by atoms with E-state index in [9.17, 15) is 9.18 Å². The van der Waals surface area contributed by atoms with E-state index in [0.717, 1.165) is 6.42 Å². The highest BCUT2D eigenvalue weighted by Gasteiger charge is 2.25. The van der Waals surface area contributed by atoms with E-state index in [1.807, 2.05) is 6.92 Å². The lowest BCUT2D eigenvalue weighted by atomic mass is 10.3. The summed E-state index contributed by atoms with van der Waals surface area (Å²) in [6.45, 7) is 4.26. The van der Waals surface area contributed by atoms with Gasteiger partial charge < -0.3 is 4.74 Å². The summed E-state index contributed by atoms with van der Waals surface area (Å²) in [6.07, 6.45) is 0.245. The smallest absolute Gasteiger partial charge is 0.347 e. The van der Waals surface area contributed by atoms with Crippen LogP contribution in [0.5, 0.6) is 0 Å². The zero-order valence-electron chi connectivity index (χ0n) is 8.81. The van der Waals surface area contributed by atoms with Crippen molar-refractivity contribution in [3.63, 3.8) is 0 Å². The van der Waals surface area contributed by atoms with Crippen LogP contribution in [0.2, 0.25) is 0 Å². The number of aryl methyl sites for hydroxylation is 1. The van der Waals surface area contributed by atoms with Crippen molar-refractivity contribution in [2.45, 2.75) is 33.0 Å². The number of rotatable bonds is 5. The summed E-state index contributed by atoms with van der Waals surface area (Å²) < 4.78 is 19.5. The molecule has 1 heterocycles. The molecule has 1 atom stereocenters. The third-order valence-corrected chi connectivity index (χ3v) is 1.84. The molecule has 0 spiro atoms. The van der Waals surface area contributed by atoms with Crippen molar-refractivity contribution in [3.8, 4) is 0 Å². The molecular formula is C9H14FN3O2. The number of hydrogen-bond donors (Lipinski definition) is 0. The van der Waals surface area contributed by atoms with Crippen molar-refractivity contribution >= 4 is 5.97 Å². The number of aromatic nitrogens is 3. The molecule has 1 aromatic heterocycles. The predicted octanol–water partition coefficient (Wildman–Crippen LogP) is 1.26. The Kier molecular flexibility index (Phi) is 4.20. The van der Waals surface area contributed by atoms with Crippen LogP contribution in [0.25, 0.3) is 0 Å². The van der Waals surface area contributed by atoms with Gasteiger partial charge in [-0.15, -0.1) is 5.10 Å². The molecule has 0 saturated carbocycles. The quantitative estimate of drug-likeness (QED) is 0.694. The molecule has 0 bridgehead atoms. The van der Waals surface area contributed by atoms with E-state index < -0.39 is 12.1 Å². The molecule has 0 aliphatic carbocycles. The zero-order chi connectivity index (χ0) is 11.3. The first kappa shape index (κ1) is 11.6. The zero-order valence-corrected chi connectivity index (χ0v) is 8.81. The molecule has 5 nitrogen and oxygen atoms in total. The molecule has 1 rings (SSSR count). The normalized spacial score (nSPS) is 12.5. The third kappa shape index (κ3) is 2.74. The number of hydrogen-bond acceptors (Lipinski definition) is 4. The van der Waals surface area contributed by atoms with Gasteiger partial charge in [-0.25, -0.2) is 13.9 Å². The van der Waals surface area contributed by atoms with Crippen LogP contribution in [-0.4, -0.2) is 27.6 Å². The highest BCUT2D eigenvalue weighted by molar-refractivity contribution is 5.75. The first-order valence-electron chi connectivity index (χ1n) is 4.89. The highest BCUT2D eigenvalue weighted by Crippen LogP contribution is 2.17. The summed E-state index contributed by atoms with van der Waals surface area (Å²) in [5, 5.41) is 7.26. The molecule has 15 heavy (non-hydrogen) atoms. The van der Waals surface area contributed by atoms with Gasteiger partial charge in [0.1, 0.15) is 5.69 Å². The van der Waals surface area contributed by atoms with E-state index >= 15 is 0 Å². The van der Waals surface area contributed by atoms with Crippen molar-refractivity contribution in [2.24, 2.45) is 0 Å². The number of alkyl halides is 1. The number of halogens is 1. The van der Waals surface area contributed by atoms with Gasteiger partial charge >= 0.3 is 5.97 Å². The predicted molar refractivity (Wildman–Crippen MR) is 50.8 cm³/mol. The SMILES string of the molecule is CCCn1nncc1C(F)C(=O)OCC. The Morgan fingerprint density at radius 2 is 2.40 bits per heavy atom. The van der Waals surface area contributed by atoms with Crippen molar-refractivity contribution in [1.29, 1.82) is 0 Å². The van der Waals surface area contributed by atoms with Crippen LogP contribution in [0.3, 0.4) is 0 Å². The molecule has 0 amide bonds. The minimum atomic E-state index is -1.80. The number of carbonyl (C=O) groups is 1. The monoisotopic (exact) mass is 215 g/mol. The molecule has 0 aliphatic heterocycles. The van der Waals surface area contributed by atoms with Crippen LogP contribution >= 0.6 is 0 Å². The van der Waals surface area contributed by atoms with E-state index in [-0.39, 0.29) is 12.3 Å². The van der Waals surface area contributed by atoms with Crippen LogP contribution in [0.15, 0.2) is 6.20 Å². The summed E-state index contributed by atoms with van der Waals surface area (Å²) >= 11 is 0. The lowest BCUT2D eigenvalue weighted by Gasteiger charge is -2.08. The second-order valence-electron chi connectivity index (χ2n) is 3.00. The number of esters is 1. The molecule has 6 heteroatoms. The van der Waals surface area contributed by atoms with Gasteiger partial charge in [-0.2, -0.15) is 0 Å². The van der Waals surface area contributed by atoms with E-state index in [0.29, 0.717) is 6.54 Å². The first-order valence-corrected chi connectivity index (χ1v) is 4.89. The molecule has 0 aromatic carbocycles. The average Bonchev–Trinajstić information content (AvgIpc) is 2.66. The van der Waals surface area contributed by atoms with E-state index in [4.69, 9.17) is 0 Å². The largest absolute Gasteiger partial charge is 0.464 e. The fourth-order valence-electron chi connectivity index (χ4n) is 1.18. The van der Waals surface area contributed by atoms with Crippen LogP contribution in [-0.2, 0) is 16.1 Å². The van der Waals surface area contributed by atoms with Crippen LogP contribution in [0.1, 0.15) is 32.1 Å². The third-order valence-electron chi connectivity index (χ3n) is 1.84. The maximum absolute atomic E-state index is 13.6. The van der Waals surface area contributed by atoms with Crippen molar-refractivity contribution in [2.75, 3.05) is 6.61 Å². The van der Waals surface area contributed by atoms with E-state index in [1.54, 1.807) is 6.92 Å². The fourth-order valence-corrected chi connectivity index (χ4v) is 1.18. The Labute approximate surface area is 87.2 Å². The van der Waals surface area contributed by atoms with Crippen LogP contribution in [0, 0.1) is 0 Å². The van der Waals surface area contributed by atoms with Crippen molar-refractivity contribution < 1.29 is 13.9 Å². The minimum Gasteiger partial charge on any atom is -0.464 e. The Morgan fingerprint density at radius 3 is 3.00 bits per heavy atom. The van der Waals surface area contributed by atoms with Gasteiger partial charge in [0.05, 0.1) is 12.8 Å². The molecule has 0 N–H and O–H groups in total. The second kappa shape index (κ2) is 5.43.